The van der Waals surface area contributed by atoms with Crippen molar-refractivity contribution < 1.29 is 4.74 Å². The van der Waals surface area contributed by atoms with Crippen LogP contribution in [-0.4, -0.2) is 6.21 Å². The van der Waals surface area contributed by atoms with Crippen LogP contribution in [0, 0.1) is 20.8 Å². The molecule has 0 saturated carbocycles. The van der Waals surface area contributed by atoms with Crippen molar-refractivity contribution in [1.82, 2.24) is 0 Å². The lowest BCUT2D eigenvalue weighted by atomic mass is 10.1. The molecule has 0 heterocycles. The molecule has 0 aliphatic rings. The standard InChI is InChI=1S/C22H21ClN2O/c1-15-10-16(2)12-21(11-15)26-20-8-5-18(6-9-20)14-24-25-19-7-4-17(3)22(23)13-19/h4-14,25H,1-3H3. The van der Waals surface area contributed by atoms with Crippen molar-refractivity contribution in [2.75, 3.05) is 5.43 Å². The van der Waals surface area contributed by atoms with E-state index in [-0.39, 0.29) is 0 Å². The van der Waals surface area contributed by atoms with Crippen LogP contribution in [0.2, 0.25) is 5.02 Å². The van der Waals surface area contributed by atoms with Gasteiger partial charge in [-0.3, -0.25) is 5.43 Å². The molecule has 0 amide bonds. The maximum atomic E-state index is 6.11. The lowest BCUT2D eigenvalue weighted by Gasteiger charge is -2.08. The van der Waals surface area contributed by atoms with Gasteiger partial charge >= 0.3 is 0 Å². The molecule has 0 aromatic heterocycles. The molecule has 0 unspecified atom stereocenters. The number of nitrogens with zero attached hydrogens (tertiary/aromatic N) is 1. The van der Waals surface area contributed by atoms with Crippen molar-refractivity contribution in [1.29, 1.82) is 0 Å². The number of halogens is 1. The Labute approximate surface area is 159 Å². The molecule has 0 spiro atoms. The second-order valence-electron chi connectivity index (χ2n) is 6.33. The molecule has 0 bridgehead atoms. The van der Waals surface area contributed by atoms with Crippen molar-refractivity contribution in [2.24, 2.45) is 5.10 Å². The molecule has 4 heteroatoms. The van der Waals surface area contributed by atoms with E-state index >= 15 is 0 Å². The van der Waals surface area contributed by atoms with Gasteiger partial charge in [-0.2, -0.15) is 5.10 Å². The van der Waals surface area contributed by atoms with Gasteiger partial charge in [-0.1, -0.05) is 23.7 Å². The van der Waals surface area contributed by atoms with Gasteiger partial charge in [0.15, 0.2) is 0 Å². The van der Waals surface area contributed by atoms with Gasteiger partial charge in [-0.15, -0.1) is 0 Å². The molecule has 0 atom stereocenters. The van der Waals surface area contributed by atoms with Crippen LogP contribution in [0.4, 0.5) is 5.69 Å². The van der Waals surface area contributed by atoms with E-state index in [1.54, 1.807) is 6.21 Å². The first-order valence-electron chi connectivity index (χ1n) is 8.41. The highest BCUT2D eigenvalue weighted by atomic mass is 35.5. The number of nitrogens with one attached hydrogen (secondary N) is 1. The molecule has 26 heavy (non-hydrogen) atoms. The highest BCUT2D eigenvalue weighted by Gasteiger charge is 2.00. The maximum Gasteiger partial charge on any atom is 0.127 e. The normalized spacial score (nSPS) is 10.9. The van der Waals surface area contributed by atoms with Gasteiger partial charge in [0.2, 0.25) is 0 Å². The molecule has 0 saturated heterocycles. The summed E-state index contributed by atoms with van der Waals surface area (Å²) in [6, 6.07) is 19.7. The zero-order valence-corrected chi connectivity index (χ0v) is 15.8. The molecule has 0 radical (unpaired) electrons. The van der Waals surface area contributed by atoms with Gasteiger partial charge < -0.3 is 4.74 Å². The molecule has 3 aromatic rings. The summed E-state index contributed by atoms with van der Waals surface area (Å²) in [5, 5.41) is 4.97. The van der Waals surface area contributed by atoms with Crippen LogP contribution in [-0.2, 0) is 0 Å². The van der Waals surface area contributed by atoms with Crippen LogP contribution in [0.1, 0.15) is 22.3 Å². The van der Waals surface area contributed by atoms with Gasteiger partial charge in [-0.25, -0.2) is 0 Å². The second kappa shape index (κ2) is 8.07. The molecule has 1 N–H and O–H groups in total. The molecule has 3 nitrogen and oxygen atoms in total. The second-order valence-corrected chi connectivity index (χ2v) is 6.74. The summed E-state index contributed by atoms with van der Waals surface area (Å²) in [6.45, 7) is 6.10. The molecule has 132 valence electrons. The fourth-order valence-corrected chi connectivity index (χ4v) is 2.77. The number of hydrazone groups is 1. The molecule has 3 aromatic carbocycles. The maximum absolute atomic E-state index is 6.11. The van der Waals surface area contributed by atoms with E-state index in [2.05, 4.69) is 30.4 Å². The molecule has 0 aliphatic carbocycles. The van der Waals surface area contributed by atoms with Crippen LogP contribution in [0.5, 0.6) is 11.5 Å². The Balaban J connectivity index is 1.62. The first-order valence-corrected chi connectivity index (χ1v) is 8.79. The highest BCUT2D eigenvalue weighted by molar-refractivity contribution is 6.31. The average molecular weight is 365 g/mol. The van der Waals surface area contributed by atoms with Gasteiger partial charge in [0.1, 0.15) is 11.5 Å². The number of hydrogen-bond donors (Lipinski definition) is 1. The molecular formula is C22H21ClN2O. The average Bonchev–Trinajstić information content (AvgIpc) is 2.59. The number of benzene rings is 3. The third kappa shape index (κ3) is 4.87. The van der Waals surface area contributed by atoms with Gasteiger partial charge in [-0.05, 0) is 91.6 Å². The van der Waals surface area contributed by atoms with Crippen molar-refractivity contribution in [3.05, 3.63) is 87.9 Å². The number of rotatable bonds is 5. The lowest BCUT2D eigenvalue weighted by molar-refractivity contribution is 0.482. The highest BCUT2D eigenvalue weighted by Crippen LogP contribution is 2.24. The van der Waals surface area contributed by atoms with Crippen LogP contribution in [0.25, 0.3) is 0 Å². The molecule has 0 aliphatic heterocycles. The van der Waals surface area contributed by atoms with Crippen LogP contribution in [0.3, 0.4) is 0 Å². The molecule has 3 rings (SSSR count). The summed E-state index contributed by atoms with van der Waals surface area (Å²) >= 11 is 6.11. The minimum Gasteiger partial charge on any atom is -0.457 e. The van der Waals surface area contributed by atoms with Crippen molar-refractivity contribution in [2.45, 2.75) is 20.8 Å². The third-order valence-electron chi connectivity index (χ3n) is 3.89. The Bertz CT molecular complexity index is 913. The molecule has 0 fully saturated rings. The first kappa shape index (κ1) is 18.0. The minimum absolute atomic E-state index is 0.720. The van der Waals surface area contributed by atoms with Gasteiger partial charge in [0, 0.05) is 5.02 Å². The van der Waals surface area contributed by atoms with Crippen molar-refractivity contribution in [3.63, 3.8) is 0 Å². The van der Waals surface area contributed by atoms with E-state index in [0.717, 1.165) is 33.3 Å². The first-order chi connectivity index (χ1) is 12.5. The summed E-state index contributed by atoms with van der Waals surface area (Å²) in [5.41, 5.74) is 8.23. The van der Waals surface area contributed by atoms with E-state index in [9.17, 15) is 0 Å². The number of hydrogen-bond acceptors (Lipinski definition) is 3. The SMILES string of the molecule is Cc1cc(C)cc(Oc2ccc(C=NNc3ccc(C)c(Cl)c3)cc2)c1. The summed E-state index contributed by atoms with van der Waals surface area (Å²) in [6.07, 6.45) is 1.76. The zero-order chi connectivity index (χ0) is 18.5. The molecular weight excluding hydrogens is 344 g/mol. The summed E-state index contributed by atoms with van der Waals surface area (Å²) in [5.74, 6) is 1.65. The van der Waals surface area contributed by atoms with Crippen LogP contribution < -0.4 is 10.2 Å². The fraction of sp³-hybridized carbons (Fsp3) is 0.136. The minimum atomic E-state index is 0.720. The Morgan fingerprint density at radius 1 is 0.846 bits per heavy atom. The van der Waals surface area contributed by atoms with E-state index in [4.69, 9.17) is 16.3 Å². The Kier molecular flexibility index (Phi) is 5.59. The number of aryl methyl sites for hydroxylation is 3. The third-order valence-corrected chi connectivity index (χ3v) is 4.30. The smallest absolute Gasteiger partial charge is 0.127 e. The van der Waals surface area contributed by atoms with E-state index in [1.807, 2.05) is 61.5 Å². The van der Waals surface area contributed by atoms with Crippen LogP contribution in [0.15, 0.2) is 65.8 Å². The van der Waals surface area contributed by atoms with Crippen molar-refractivity contribution >= 4 is 23.5 Å². The van der Waals surface area contributed by atoms with E-state index < -0.39 is 0 Å². The summed E-state index contributed by atoms with van der Waals surface area (Å²) in [4.78, 5) is 0. The largest absolute Gasteiger partial charge is 0.457 e. The number of ether oxygens (including phenoxy) is 1. The summed E-state index contributed by atoms with van der Waals surface area (Å²) in [7, 11) is 0. The van der Waals surface area contributed by atoms with Gasteiger partial charge in [0.05, 0.1) is 11.9 Å². The Hall–Kier alpha value is -2.78. The Morgan fingerprint density at radius 3 is 2.19 bits per heavy atom. The quantitative estimate of drug-likeness (QED) is 0.414. The van der Waals surface area contributed by atoms with E-state index in [1.165, 1.54) is 11.1 Å². The van der Waals surface area contributed by atoms with Gasteiger partial charge in [0.25, 0.3) is 0 Å². The van der Waals surface area contributed by atoms with Crippen molar-refractivity contribution in [3.8, 4) is 11.5 Å². The topological polar surface area (TPSA) is 33.6 Å². The zero-order valence-electron chi connectivity index (χ0n) is 15.1. The van der Waals surface area contributed by atoms with E-state index in [0.29, 0.717) is 0 Å². The van der Waals surface area contributed by atoms with Crippen LogP contribution >= 0.6 is 11.6 Å². The predicted molar refractivity (Wildman–Crippen MR) is 110 cm³/mol. The summed E-state index contributed by atoms with van der Waals surface area (Å²) < 4.78 is 5.92. The monoisotopic (exact) mass is 364 g/mol. The Morgan fingerprint density at radius 2 is 1.54 bits per heavy atom. The number of anilines is 1. The fourth-order valence-electron chi connectivity index (χ4n) is 2.59. The predicted octanol–water partition coefficient (Wildman–Crippen LogP) is 6.50. The lowest BCUT2D eigenvalue weighted by Crippen LogP contribution is -1.91.